The number of carbonyl (C=O) groups excluding carboxylic acids is 2. The number of carbonyl (C=O) groups is 2. The molecule has 1 aromatic heterocycles. The highest BCUT2D eigenvalue weighted by Gasteiger charge is 2.43. The summed E-state index contributed by atoms with van der Waals surface area (Å²) >= 11 is 0. The Morgan fingerprint density at radius 2 is 1.82 bits per heavy atom. The van der Waals surface area contributed by atoms with E-state index in [1.54, 1.807) is 12.1 Å². The van der Waals surface area contributed by atoms with Crippen molar-refractivity contribution < 1.29 is 27.5 Å². The molecule has 0 saturated heterocycles. The first kappa shape index (κ1) is 23.7. The van der Waals surface area contributed by atoms with Gasteiger partial charge in [0.05, 0.1) is 0 Å². The van der Waals surface area contributed by atoms with E-state index in [1.807, 2.05) is 0 Å². The Morgan fingerprint density at radius 1 is 1.15 bits per heavy atom. The van der Waals surface area contributed by atoms with Crippen LogP contribution in [0.2, 0.25) is 0 Å². The molecule has 5 N–H and O–H groups in total. The van der Waals surface area contributed by atoms with Crippen molar-refractivity contribution in [2.45, 2.75) is 32.1 Å². The lowest BCUT2D eigenvalue weighted by molar-refractivity contribution is -0.153. The van der Waals surface area contributed by atoms with Gasteiger partial charge in [-0.2, -0.15) is 13.2 Å². The second kappa shape index (κ2) is 9.27. The maximum Gasteiger partial charge on any atom is 0.411 e. The number of dihydropyridines is 1. The molecule has 3 rings (SSSR count). The number of aliphatic imine (C=N–C) groups is 1. The number of nitrogens with one attached hydrogen (secondary N) is 1. The molecule has 0 fully saturated rings. The molecule has 9 nitrogen and oxygen atoms in total. The van der Waals surface area contributed by atoms with E-state index in [-0.39, 0.29) is 29.0 Å². The topological polar surface area (TPSA) is 146 Å². The molecule has 2 heterocycles. The number of alkyl halides is 3. The van der Waals surface area contributed by atoms with Crippen molar-refractivity contribution in [1.82, 2.24) is 9.97 Å². The number of nitrogens with two attached hydrogens (primary N) is 2. The zero-order valence-corrected chi connectivity index (χ0v) is 17.6. The van der Waals surface area contributed by atoms with Gasteiger partial charge in [-0.05, 0) is 37.3 Å². The van der Waals surface area contributed by atoms with Crippen LogP contribution in [-0.2, 0) is 4.79 Å². The zero-order chi connectivity index (χ0) is 24.3. The van der Waals surface area contributed by atoms with Crippen molar-refractivity contribution in [2.24, 2.45) is 22.4 Å². The van der Waals surface area contributed by atoms with Gasteiger partial charge in [0.1, 0.15) is 23.3 Å². The van der Waals surface area contributed by atoms with Gasteiger partial charge in [-0.15, -0.1) is 0 Å². The van der Waals surface area contributed by atoms with Gasteiger partial charge in [0, 0.05) is 17.5 Å². The number of amides is 2. The van der Waals surface area contributed by atoms with E-state index in [4.69, 9.17) is 16.2 Å². The van der Waals surface area contributed by atoms with Crippen molar-refractivity contribution >= 4 is 23.5 Å². The summed E-state index contributed by atoms with van der Waals surface area (Å²) in [6.45, 7) is 2.95. The van der Waals surface area contributed by atoms with E-state index in [1.165, 1.54) is 44.2 Å². The molecular weight excluding hydrogens is 441 g/mol. The third-order valence-electron chi connectivity index (χ3n) is 4.75. The number of rotatable bonds is 6. The second-order valence-electron chi connectivity index (χ2n) is 7.39. The number of ether oxygens (including phenoxy) is 1. The Hall–Kier alpha value is -3.96. The molecule has 0 aliphatic carbocycles. The van der Waals surface area contributed by atoms with Gasteiger partial charge in [-0.1, -0.05) is 13.0 Å². The molecule has 2 aromatic rings. The van der Waals surface area contributed by atoms with Crippen molar-refractivity contribution in [2.75, 3.05) is 5.32 Å². The lowest BCUT2D eigenvalue weighted by Gasteiger charge is -2.24. The lowest BCUT2D eigenvalue weighted by Crippen LogP contribution is -2.35. The molecule has 0 bridgehead atoms. The van der Waals surface area contributed by atoms with Crippen molar-refractivity contribution in [3.8, 4) is 17.1 Å². The second-order valence-corrected chi connectivity index (χ2v) is 7.39. The number of benzene rings is 1. The van der Waals surface area contributed by atoms with Crippen LogP contribution in [0, 0.1) is 5.92 Å². The molecule has 1 aromatic carbocycles. The van der Waals surface area contributed by atoms with E-state index in [2.05, 4.69) is 20.3 Å². The van der Waals surface area contributed by atoms with Crippen LogP contribution in [0.3, 0.4) is 0 Å². The summed E-state index contributed by atoms with van der Waals surface area (Å²) in [5, 5.41) is 2.76. The Labute approximate surface area is 186 Å². The first-order valence-corrected chi connectivity index (χ1v) is 9.80. The van der Waals surface area contributed by atoms with Crippen LogP contribution < -0.4 is 21.5 Å². The van der Waals surface area contributed by atoms with E-state index >= 15 is 0 Å². The van der Waals surface area contributed by atoms with Crippen LogP contribution in [0.1, 0.15) is 24.3 Å². The lowest BCUT2D eigenvalue weighted by atomic mass is 9.99. The molecule has 12 heteroatoms. The molecule has 174 valence electrons. The number of halogens is 3. The summed E-state index contributed by atoms with van der Waals surface area (Å²) in [6.07, 6.45) is -1.71. The Morgan fingerprint density at radius 3 is 2.39 bits per heavy atom. The monoisotopic (exact) mass is 462 g/mol. The van der Waals surface area contributed by atoms with Gasteiger partial charge >= 0.3 is 6.18 Å². The molecule has 3 atom stereocenters. The van der Waals surface area contributed by atoms with Gasteiger partial charge in [0.25, 0.3) is 5.91 Å². The van der Waals surface area contributed by atoms with Crippen LogP contribution in [0.15, 0.2) is 47.5 Å². The minimum atomic E-state index is -4.48. The summed E-state index contributed by atoms with van der Waals surface area (Å²) in [5.41, 5.74) is 10.9. The fourth-order valence-corrected chi connectivity index (χ4v) is 2.93. The summed E-state index contributed by atoms with van der Waals surface area (Å²) in [4.78, 5) is 35.0. The fourth-order valence-electron chi connectivity index (χ4n) is 2.93. The predicted molar refractivity (Wildman–Crippen MR) is 114 cm³/mol. The van der Waals surface area contributed by atoms with E-state index in [9.17, 15) is 22.8 Å². The van der Waals surface area contributed by atoms with Gasteiger partial charge in [0.2, 0.25) is 11.8 Å². The van der Waals surface area contributed by atoms with Crippen molar-refractivity contribution in [1.29, 1.82) is 0 Å². The van der Waals surface area contributed by atoms with Crippen LogP contribution in [0.5, 0.6) is 5.75 Å². The van der Waals surface area contributed by atoms with E-state index < -0.39 is 36.0 Å². The van der Waals surface area contributed by atoms with Gasteiger partial charge < -0.3 is 21.5 Å². The minimum Gasteiger partial charge on any atom is -0.439 e. The fraction of sp³-hybridized carbons (Fsp3) is 0.286. The molecule has 0 saturated carbocycles. The van der Waals surface area contributed by atoms with E-state index in [0.29, 0.717) is 5.56 Å². The smallest absolute Gasteiger partial charge is 0.411 e. The number of nitrogens with zero attached hydrogens (tertiary/aromatic N) is 3. The normalized spacial score (nSPS) is 18.9. The summed E-state index contributed by atoms with van der Waals surface area (Å²) in [6, 6.07) is 4.72. The van der Waals surface area contributed by atoms with E-state index in [0.717, 1.165) is 0 Å². The maximum absolute atomic E-state index is 13.1. The minimum absolute atomic E-state index is 0.0893. The predicted octanol–water partition coefficient (Wildman–Crippen LogP) is 2.44. The molecule has 33 heavy (non-hydrogen) atoms. The Bertz CT molecular complexity index is 1120. The maximum atomic E-state index is 13.1. The molecule has 0 spiro atoms. The van der Waals surface area contributed by atoms with Gasteiger partial charge in [0.15, 0.2) is 11.9 Å². The highest BCUT2D eigenvalue weighted by atomic mass is 19.4. The average molecular weight is 462 g/mol. The molecule has 3 unspecified atom stereocenters. The molecule has 0 radical (unpaired) electrons. The largest absolute Gasteiger partial charge is 0.439 e. The summed E-state index contributed by atoms with van der Waals surface area (Å²) in [5.74, 6) is -1.86. The van der Waals surface area contributed by atoms with Crippen LogP contribution >= 0.6 is 0 Å². The molecule has 1 aliphatic heterocycles. The average Bonchev–Trinajstić information content (AvgIpc) is 2.74. The van der Waals surface area contributed by atoms with Gasteiger partial charge in [-0.25, -0.2) is 15.0 Å². The number of anilines is 1. The van der Waals surface area contributed by atoms with Crippen LogP contribution in [-0.4, -0.2) is 45.9 Å². The number of aromatic nitrogens is 2. The quantitative estimate of drug-likeness (QED) is 0.601. The highest BCUT2D eigenvalue weighted by molar-refractivity contribution is 5.92. The van der Waals surface area contributed by atoms with Crippen molar-refractivity contribution in [3.05, 3.63) is 48.2 Å². The number of hydrogen-bond donors (Lipinski definition) is 3. The Kier molecular flexibility index (Phi) is 6.65. The number of hydrogen-bond acceptors (Lipinski definition) is 7. The standard InChI is InChI=1S/C21H21F3N6O3/c1-10-3-8-16(30-17(10)21(22,23)24)33-13-6-4-12(5-7-13)20-28-14(19(26)32)9-15(29-20)27-11(2)18(25)31/h3-11,17H,1-2H3,(H2,25,31)(H2,26,32)(H,27,28,29). The van der Waals surface area contributed by atoms with Crippen LogP contribution in [0.4, 0.5) is 19.0 Å². The highest BCUT2D eigenvalue weighted by Crippen LogP contribution is 2.31. The SMILES string of the molecule is CC(Nc1cc(C(N)=O)nc(-c2ccc(OC3=NC(C(F)(F)F)C(C)C=C3)cc2)n1)C(N)=O. The first-order chi connectivity index (χ1) is 15.4. The van der Waals surface area contributed by atoms with Crippen molar-refractivity contribution in [3.63, 3.8) is 0 Å². The molecular formula is C21H21F3N6O3. The Balaban J connectivity index is 1.84. The van der Waals surface area contributed by atoms with Gasteiger partial charge in [-0.3, -0.25) is 9.59 Å². The zero-order valence-electron chi connectivity index (χ0n) is 17.6. The summed E-state index contributed by atoms with van der Waals surface area (Å²) < 4.78 is 44.8. The molecule has 1 aliphatic rings. The van der Waals surface area contributed by atoms with Crippen LogP contribution in [0.25, 0.3) is 11.4 Å². The third kappa shape index (κ3) is 5.84. The number of primary amides is 2. The third-order valence-corrected chi connectivity index (χ3v) is 4.75. The molecule has 2 amide bonds. The first-order valence-electron chi connectivity index (χ1n) is 9.80. The summed E-state index contributed by atoms with van der Waals surface area (Å²) in [7, 11) is 0.